The van der Waals surface area contributed by atoms with Gasteiger partial charge in [0.2, 0.25) is 21.8 Å². The predicted octanol–water partition coefficient (Wildman–Crippen LogP) is 2.61. The molecule has 3 aromatic carbocycles. The van der Waals surface area contributed by atoms with Crippen molar-refractivity contribution in [2.24, 2.45) is 16.6 Å². The molecule has 0 radical (unpaired) electrons. The van der Waals surface area contributed by atoms with E-state index in [1.54, 1.807) is 0 Å². The monoisotopic (exact) mass is 583 g/mol. The fourth-order valence-corrected chi connectivity index (χ4v) is 6.92. The van der Waals surface area contributed by atoms with E-state index in [1.807, 2.05) is 55.1 Å². The van der Waals surface area contributed by atoms with E-state index in [1.165, 1.54) is 17.0 Å². The predicted molar refractivity (Wildman–Crippen MR) is 158 cm³/mol. The topological polar surface area (TPSA) is 153 Å². The van der Waals surface area contributed by atoms with E-state index in [0.717, 1.165) is 28.5 Å². The summed E-state index contributed by atoms with van der Waals surface area (Å²) in [5.41, 5.74) is 13.5. The fraction of sp³-hybridized carbons (Fsp3) is 0.400. The largest absolute Gasteiger partial charge is 0.368 e. The minimum atomic E-state index is -4.42. The second kappa shape index (κ2) is 12.6. The third-order valence-corrected chi connectivity index (χ3v) is 9.26. The first kappa shape index (κ1) is 30.6. The maximum absolute atomic E-state index is 13.8. The second-order valence-corrected chi connectivity index (χ2v) is 12.5. The van der Waals surface area contributed by atoms with Gasteiger partial charge in [-0.3, -0.25) is 14.5 Å². The highest BCUT2D eigenvalue weighted by Gasteiger charge is 2.44. The van der Waals surface area contributed by atoms with Gasteiger partial charge in [-0.05, 0) is 40.5 Å². The summed E-state index contributed by atoms with van der Waals surface area (Å²) in [6.45, 7) is 4.73. The van der Waals surface area contributed by atoms with Crippen LogP contribution in [0.4, 0.5) is 4.39 Å². The van der Waals surface area contributed by atoms with Crippen molar-refractivity contribution in [3.8, 4) is 0 Å². The molecule has 1 fully saturated rings. The number of hydrogen-bond donors (Lipinski definition) is 3. The zero-order chi connectivity index (χ0) is 29.9. The Kier molecular flexibility index (Phi) is 9.43. The summed E-state index contributed by atoms with van der Waals surface area (Å²) in [5.74, 6) is -1.92. The van der Waals surface area contributed by atoms with Gasteiger partial charge in [0.25, 0.3) is 0 Å². The van der Waals surface area contributed by atoms with Gasteiger partial charge >= 0.3 is 0 Å². The highest BCUT2D eigenvalue weighted by Crippen LogP contribution is 2.30. The van der Waals surface area contributed by atoms with Crippen molar-refractivity contribution in [3.05, 3.63) is 83.7 Å². The first-order chi connectivity index (χ1) is 19.4. The van der Waals surface area contributed by atoms with E-state index in [9.17, 15) is 22.4 Å². The van der Waals surface area contributed by atoms with Crippen LogP contribution in [0.3, 0.4) is 0 Å². The number of fused-ring (bicyclic) bond motifs is 1. The molecular formula is C30H38FN5O4S. The Hall–Kier alpha value is -3.38. The number of carbonyl (C=O) groups is 2. The summed E-state index contributed by atoms with van der Waals surface area (Å²) < 4.78 is 38.8. The van der Waals surface area contributed by atoms with Crippen LogP contribution >= 0.6 is 0 Å². The van der Waals surface area contributed by atoms with Gasteiger partial charge in [0.15, 0.2) is 5.25 Å². The molecule has 6 N–H and O–H groups in total. The lowest BCUT2D eigenvalue weighted by Crippen LogP contribution is -2.63. The molecule has 9 nitrogen and oxygen atoms in total. The smallest absolute Gasteiger partial charge is 0.244 e. The molecule has 0 aliphatic carbocycles. The maximum Gasteiger partial charge on any atom is 0.244 e. The molecule has 1 saturated heterocycles. The fourth-order valence-electron chi connectivity index (χ4n) is 5.94. The number of nitrogens with two attached hydrogens (primary N) is 3. The Morgan fingerprint density at radius 1 is 1.00 bits per heavy atom. The average Bonchev–Trinajstić information content (AvgIpc) is 2.92. The number of piperazine rings is 1. The molecule has 3 aromatic rings. The lowest BCUT2D eigenvalue weighted by atomic mass is 9.89. The van der Waals surface area contributed by atoms with Crippen molar-refractivity contribution >= 4 is 32.6 Å². The van der Waals surface area contributed by atoms with Crippen molar-refractivity contribution in [3.63, 3.8) is 0 Å². The standard InChI is InChI=1S/C30H38FN5O4S/c1-3-6-25-18-35(27(29(33)37)19(2)22-10-9-20-7-4-5-8-23(20)17-22)15-16-36(25)30(38)28(41(34,39)40)26(32)21-11-13-24(31)14-12-21/h4-5,7-14,17,19,25-28H,3,6,15-16,18,32H2,1-2H3,(H2,33,37)(H2,34,39,40). The molecule has 220 valence electrons. The normalized spacial score (nSPS) is 19.4. The van der Waals surface area contributed by atoms with Crippen LogP contribution < -0.4 is 16.6 Å². The van der Waals surface area contributed by atoms with Crippen molar-refractivity contribution in [2.75, 3.05) is 19.6 Å². The van der Waals surface area contributed by atoms with Crippen molar-refractivity contribution in [1.29, 1.82) is 0 Å². The number of primary sulfonamides is 1. The molecule has 5 atom stereocenters. The van der Waals surface area contributed by atoms with E-state index in [-0.39, 0.29) is 18.0 Å². The molecule has 4 rings (SSSR count). The molecule has 0 bridgehead atoms. The van der Waals surface area contributed by atoms with Gasteiger partial charge in [0, 0.05) is 31.6 Å². The van der Waals surface area contributed by atoms with Crippen molar-refractivity contribution < 1.29 is 22.4 Å². The zero-order valence-corrected chi connectivity index (χ0v) is 24.1. The van der Waals surface area contributed by atoms with Gasteiger partial charge in [0.05, 0.1) is 12.1 Å². The summed E-state index contributed by atoms with van der Waals surface area (Å²) >= 11 is 0. The van der Waals surface area contributed by atoms with Crippen molar-refractivity contribution in [2.45, 2.75) is 56.0 Å². The summed E-state index contributed by atoms with van der Waals surface area (Å²) in [6.07, 6.45) is 1.29. The van der Waals surface area contributed by atoms with Crippen LogP contribution in [0.1, 0.15) is 49.8 Å². The van der Waals surface area contributed by atoms with Crippen LogP contribution in [0.15, 0.2) is 66.7 Å². The van der Waals surface area contributed by atoms with Crippen LogP contribution in [0.25, 0.3) is 10.8 Å². The van der Waals surface area contributed by atoms with Crippen LogP contribution in [-0.4, -0.2) is 67.0 Å². The minimum Gasteiger partial charge on any atom is -0.368 e. The van der Waals surface area contributed by atoms with Crippen LogP contribution in [-0.2, 0) is 19.6 Å². The summed E-state index contributed by atoms with van der Waals surface area (Å²) in [4.78, 5) is 30.1. The summed E-state index contributed by atoms with van der Waals surface area (Å²) in [6, 6.07) is 16.7. The quantitative estimate of drug-likeness (QED) is 0.334. The third kappa shape index (κ3) is 6.75. The molecule has 0 aromatic heterocycles. The highest BCUT2D eigenvalue weighted by molar-refractivity contribution is 7.90. The van der Waals surface area contributed by atoms with Gasteiger partial charge in [-0.2, -0.15) is 0 Å². The number of sulfonamides is 1. The maximum atomic E-state index is 13.8. The van der Waals surface area contributed by atoms with Gasteiger partial charge in [-0.1, -0.05) is 74.9 Å². The Bertz CT molecular complexity index is 1500. The minimum absolute atomic E-state index is 0.167. The Balaban J connectivity index is 1.59. The molecule has 1 aliphatic rings. The van der Waals surface area contributed by atoms with E-state index in [0.29, 0.717) is 25.9 Å². The molecule has 5 unspecified atom stereocenters. The number of primary amides is 1. The number of benzene rings is 3. The molecule has 1 heterocycles. The Labute approximate surface area is 240 Å². The molecule has 2 amide bonds. The van der Waals surface area contributed by atoms with E-state index in [4.69, 9.17) is 16.6 Å². The average molecular weight is 584 g/mol. The molecule has 0 saturated carbocycles. The summed E-state index contributed by atoms with van der Waals surface area (Å²) in [5, 5.41) is 5.94. The molecule has 1 aliphatic heterocycles. The second-order valence-electron chi connectivity index (χ2n) is 10.8. The SMILES string of the molecule is CCCC1CN(C(C(N)=O)C(C)c2ccc3ccccc3c2)CCN1C(=O)C(C(N)c1ccc(F)cc1)S(N)(=O)=O. The van der Waals surface area contributed by atoms with Gasteiger partial charge in [0.1, 0.15) is 5.82 Å². The van der Waals surface area contributed by atoms with Crippen molar-refractivity contribution in [1.82, 2.24) is 9.80 Å². The number of hydrogen-bond acceptors (Lipinski definition) is 6. The first-order valence-corrected chi connectivity index (χ1v) is 15.4. The molecule has 11 heteroatoms. The molecule has 41 heavy (non-hydrogen) atoms. The summed E-state index contributed by atoms with van der Waals surface area (Å²) in [7, 11) is -4.42. The lowest BCUT2D eigenvalue weighted by molar-refractivity contribution is -0.138. The highest BCUT2D eigenvalue weighted by atomic mass is 32.2. The Morgan fingerprint density at radius 3 is 2.24 bits per heavy atom. The van der Waals surface area contributed by atoms with Gasteiger partial charge in [-0.15, -0.1) is 0 Å². The van der Waals surface area contributed by atoms with E-state index in [2.05, 4.69) is 6.07 Å². The van der Waals surface area contributed by atoms with E-state index >= 15 is 0 Å². The van der Waals surface area contributed by atoms with E-state index < -0.39 is 51.0 Å². The van der Waals surface area contributed by atoms with Crippen LogP contribution in [0.2, 0.25) is 0 Å². The lowest BCUT2D eigenvalue weighted by Gasteiger charge is -2.46. The number of carbonyl (C=O) groups excluding carboxylic acids is 2. The van der Waals surface area contributed by atoms with Crippen LogP contribution in [0.5, 0.6) is 0 Å². The molecular weight excluding hydrogens is 545 g/mol. The Morgan fingerprint density at radius 2 is 1.63 bits per heavy atom. The first-order valence-electron chi connectivity index (χ1n) is 13.8. The number of amides is 2. The number of nitrogens with zero attached hydrogens (tertiary/aromatic N) is 2. The zero-order valence-electron chi connectivity index (χ0n) is 23.3. The number of rotatable bonds is 10. The number of halogens is 1. The third-order valence-electron chi connectivity index (χ3n) is 8.06. The van der Waals surface area contributed by atoms with Crippen LogP contribution in [0, 0.1) is 5.82 Å². The molecule has 0 spiro atoms. The van der Waals surface area contributed by atoms with Gasteiger partial charge in [-0.25, -0.2) is 17.9 Å². The van der Waals surface area contributed by atoms with Gasteiger partial charge < -0.3 is 16.4 Å².